The van der Waals surface area contributed by atoms with Gasteiger partial charge in [0.05, 0.1) is 0 Å². The number of carbonyl (C=O) groups is 2. The fourth-order valence-electron chi connectivity index (χ4n) is 0.641. The Kier molecular flexibility index (Phi) is 3.08. The fourth-order valence-corrected chi connectivity index (χ4v) is 0.641. The van der Waals surface area contributed by atoms with Crippen molar-refractivity contribution in [3.05, 3.63) is 0 Å². The number of carboxylic acid groups (broad SMARTS) is 2. The summed E-state index contributed by atoms with van der Waals surface area (Å²) in [7, 11) is 0. The molecule has 0 bridgehead atoms. The quantitative estimate of drug-likeness (QED) is 0.579. The number of unbranched alkanes of at least 4 members (excludes halogenated alkanes) is 1. The maximum atomic E-state index is 10.4. The number of carboxylic acids is 2. The van der Waals surface area contributed by atoms with Crippen molar-refractivity contribution in [2.75, 3.05) is 0 Å². The molecule has 0 aliphatic carbocycles. The number of hydrogen-bond donors (Lipinski definition) is 2. The van der Waals surface area contributed by atoms with Crippen LogP contribution in [0.15, 0.2) is 0 Å². The molecule has 0 atom stereocenters. The first-order valence-electron chi connectivity index (χ1n) is 5.56. The van der Waals surface area contributed by atoms with E-state index in [4.69, 9.17) is 15.7 Å². The Labute approximate surface area is 76.8 Å². The molecule has 0 aromatic heterocycles. The fraction of sp³-hybridized carbons (Fsp3) is 0.750. The van der Waals surface area contributed by atoms with E-state index in [0.717, 1.165) is 0 Å². The van der Waals surface area contributed by atoms with Gasteiger partial charge in [0.25, 0.3) is 0 Å². The van der Waals surface area contributed by atoms with Crippen molar-refractivity contribution in [2.24, 2.45) is 0 Å². The predicted octanol–water partition coefficient (Wildman–Crippen LogP) is 1.50. The van der Waals surface area contributed by atoms with Crippen LogP contribution in [0, 0.1) is 0 Å². The van der Waals surface area contributed by atoms with Gasteiger partial charge in [0.1, 0.15) is 0 Å². The minimum absolute atomic E-state index is 0.131. The highest BCUT2D eigenvalue weighted by molar-refractivity contribution is 5.66. The molecule has 0 saturated heterocycles. The molecule has 0 amide bonds. The molecule has 0 rings (SSSR count). The molecule has 0 spiro atoms. The van der Waals surface area contributed by atoms with E-state index in [1.165, 1.54) is 0 Å². The van der Waals surface area contributed by atoms with Crippen molar-refractivity contribution < 1.29 is 25.3 Å². The van der Waals surface area contributed by atoms with Crippen LogP contribution in [-0.4, -0.2) is 22.2 Å². The summed E-state index contributed by atoms with van der Waals surface area (Å²) >= 11 is 0. The standard InChI is InChI=1S/C8H14O4/c9-7(10)5-3-1-2-4-6-8(11)12/h1-6H2,(H,9,10)(H,11,12)/i5D2,6D2. The Balaban J connectivity index is 3.94. The van der Waals surface area contributed by atoms with Crippen molar-refractivity contribution in [1.82, 2.24) is 0 Å². The van der Waals surface area contributed by atoms with Crippen LogP contribution in [0.25, 0.3) is 0 Å². The van der Waals surface area contributed by atoms with Crippen molar-refractivity contribution in [3.63, 3.8) is 0 Å². The van der Waals surface area contributed by atoms with Crippen molar-refractivity contribution in [2.45, 2.75) is 38.4 Å². The van der Waals surface area contributed by atoms with Crippen LogP contribution in [0.3, 0.4) is 0 Å². The van der Waals surface area contributed by atoms with Gasteiger partial charge in [0, 0.05) is 18.2 Å². The van der Waals surface area contributed by atoms with Gasteiger partial charge in [0.15, 0.2) is 0 Å². The van der Waals surface area contributed by atoms with Gasteiger partial charge in [-0.15, -0.1) is 0 Å². The first kappa shape index (κ1) is 5.56. The van der Waals surface area contributed by atoms with Crippen molar-refractivity contribution in [1.29, 1.82) is 0 Å². The van der Waals surface area contributed by atoms with Gasteiger partial charge in [-0.25, -0.2) is 0 Å². The van der Waals surface area contributed by atoms with Crippen LogP contribution >= 0.6 is 0 Å². The molecule has 0 unspecified atom stereocenters. The zero-order valence-electron chi connectivity index (χ0n) is 10.5. The first-order chi connectivity index (χ1) is 7.09. The maximum absolute atomic E-state index is 10.4. The average molecular weight is 178 g/mol. The summed E-state index contributed by atoms with van der Waals surface area (Å²) in [5.41, 5.74) is 0. The van der Waals surface area contributed by atoms with E-state index in [9.17, 15) is 9.59 Å². The van der Waals surface area contributed by atoms with E-state index in [1.54, 1.807) is 0 Å². The first-order valence-corrected chi connectivity index (χ1v) is 3.56. The van der Waals surface area contributed by atoms with Crippen molar-refractivity contribution in [3.8, 4) is 0 Å². The van der Waals surface area contributed by atoms with Crippen LogP contribution in [0.4, 0.5) is 0 Å². The molecule has 0 heterocycles. The van der Waals surface area contributed by atoms with Gasteiger partial charge in [-0.2, -0.15) is 0 Å². The lowest BCUT2D eigenvalue weighted by Crippen LogP contribution is -1.95. The molecular formula is C8H14O4. The molecule has 4 heteroatoms. The monoisotopic (exact) mass is 178 g/mol. The summed E-state index contributed by atoms with van der Waals surface area (Å²) in [6.45, 7) is 0. The van der Waals surface area contributed by atoms with E-state index in [2.05, 4.69) is 0 Å². The molecule has 0 fully saturated rings. The van der Waals surface area contributed by atoms with Crippen LogP contribution in [0.1, 0.15) is 43.9 Å². The van der Waals surface area contributed by atoms with Gasteiger partial charge in [-0.1, -0.05) is 12.8 Å². The van der Waals surface area contributed by atoms with Crippen LogP contribution in [0.5, 0.6) is 0 Å². The van der Waals surface area contributed by atoms with E-state index in [0.29, 0.717) is 0 Å². The lowest BCUT2D eigenvalue weighted by Gasteiger charge is -1.96. The molecule has 12 heavy (non-hydrogen) atoms. The van der Waals surface area contributed by atoms with Crippen LogP contribution in [0.2, 0.25) is 0 Å². The number of hydrogen-bond acceptors (Lipinski definition) is 2. The Morgan fingerprint density at radius 2 is 1.25 bits per heavy atom. The highest BCUT2D eigenvalue weighted by Gasteiger charge is 1.98. The minimum Gasteiger partial charge on any atom is -0.481 e. The minimum atomic E-state index is -2.34. The zero-order chi connectivity index (χ0) is 13.0. The van der Waals surface area contributed by atoms with Crippen LogP contribution < -0.4 is 0 Å². The van der Waals surface area contributed by atoms with Gasteiger partial charge < -0.3 is 10.2 Å². The lowest BCUT2D eigenvalue weighted by atomic mass is 10.1. The Morgan fingerprint density at radius 1 is 0.917 bits per heavy atom. The third-order valence-electron chi connectivity index (χ3n) is 1.16. The molecule has 0 aromatic rings. The molecule has 0 aliphatic heterocycles. The normalized spacial score (nSPS) is 17.0. The second kappa shape index (κ2) is 6.64. The van der Waals surface area contributed by atoms with Gasteiger partial charge in [-0.3, -0.25) is 9.59 Å². The summed E-state index contributed by atoms with van der Waals surface area (Å²) in [6, 6.07) is 0. The van der Waals surface area contributed by atoms with Gasteiger partial charge in [0.2, 0.25) is 0 Å². The zero-order valence-corrected chi connectivity index (χ0v) is 6.54. The maximum Gasteiger partial charge on any atom is 0.303 e. The molecule has 0 radical (unpaired) electrons. The van der Waals surface area contributed by atoms with E-state index in [1.807, 2.05) is 0 Å². The SMILES string of the molecule is [2H]C([2H])(CCCCC([2H])([2H])C(=O)O)C(=O)O. The highest BCUT2D eigenvalue weighted by Crippen LogP contribution is 2.04. The Hall–Kier alpha value is -1.06. The summed E-state index contributed by atoms with van der Waals surface area (Å²) in [5, 5.41) is 16.9. The Morgan fingerprint density at radius 3 is 1.50 bits per heavy atom. The number of rotatable bonds is 7. The molecule has 0 aromatic carbocycles. The third kappa shape index (κ3) is 8.94. The molecule has 0 saturated carbocycles. The summed E-state index contributed by atoms with van der Waals surface area (Å²) in [4.78, 5) is 20.8. The van der Waals surface area contributed by atoms with Gasteiger partial charge in [-0.05, 0) is 12.8 Å². The molecule has 70 valence electrons. The molecule has 2 N–H and O–H groups in total. The smallest absolute Gasteiger partial charge is 0.303 e. The largest absolute Gasteiger partial charge is 0.481 e. The average Bonchev–Trinajstić information content (AvgIpc) is 2.12. The molecule has 4 nitrogen and oxygen atoms in total. The Bertz CT molecular complexity index is 249. The summed E-state index contributed by atoms with van der Waals surface area (Å²) < 4.78 is 28.2. The van der Waals surface area contributed by atoms with E-state index < -0.39 is 24.7 Å². The lowest BCUT2D eigenvalue weighted by molar-refractivity contribution is -0.138. The molecule has 0 aliphatic rings. The summed E-state index contributed by atoms with van der Waals surface area (Å²) in [6.07, 6.45) is -4.92. The third-order valence-corrected chi connectivity index (χ3v) is 1.16. The second-order valence-electron chi connectivity index (χ2n) is 2.17. The van der Waals surface area contributed by atoms with E-state index >= 15 is 0 Å². The number of aliphatic carboxylic acids is 2. The second-order valence-corrected chi connectivity index (χ2v) is 2.17. The topological polar surface area (TPSA) is 74.6 Å². The van der Waals surface area contributed by atoms with Crippen LogP contribution in [-0.2, 0) is 9.59 Å². The van der Waals surface area contributed by atoms with E-state index in [-0.39, 0.29) is 25.7 Å². The highest BCUT2D eigenvalue weighted by atomic mass is 16.4. The predicted molar refractivity (Wildman–Crippen MR) is 43.0 cm³/mol. The van der Waals surface area contributed by atoms with Gasteiger partial charge >= 0.3 is 11.9 Å². The summed E-state index contributed by atoms with van der Waals surface area (Å²) in [5.74, 6) is -3.12. The molecular weight excluding hydrogens is 160 g/mol. The van der Waals surface area contributed by atoms with Crippen molar-refractivity contribution >= 4 is 11.9 Å².